The largest absolute Gasteiger partial charge is 0.471 e. The summed E-state index contributed by atoms with van der Waals surface area (Å²) in [5.41, 5.74) is 1.45. The van der Waals surface area contributed by atoms with Crippen LogP contribution in [0.5, 0.6) is 0 Å². The second-order valence-corrected chi connectivity index (χ2v) is 5.51. The number of para-hydroxylation sites is 1. The van der Waals surface area contributed by atoms with Gasteiger partial charge in [-0.05, 0) is 35.7 Å². The number of benzene rings is 2. The molecule has 2 aromatic carbocycles. The van der Waals surface area contributed by atoms with Crippen LogP contribution in [0.4, 0.5) is 23.2 Å². The highest BCUT2D eigenvalue weighted by Gasteiger charge is 2.38. The van der Waals surface area contributed by atoms with Gasteiger partial charge in [-0.2, -0.15) is 13.2 Å². The third-order valence-electron chi connectivity index (χ3n) is 3.54. The average Bonchev–Trinajstić information content (AvgIpc) is 2.59. The van der Waals surface area contributed by atoms with E-state index >= 15 is 0 Å². The molecule has 0 radical (unpaired) electrons. The molecule has 8 heteroatoms. The maximum Gasteiger partial charge on any atom is 0.471 e. The van der Waals surface area contributed by atoms with Crippen LogP contribution in [0.15, 0.2) is 48.5 Å². The number of carbonyl (C=O) groups excluding carboxylic acids is 2. The zero-order valence-electron chi connectivity index (χ0n) is 13.6. The third kappa shape index (κ3) is 5.87. The molecule has 0 aromatic heterocycles. The summed E-state index contributed by atoms with van der Waals surface area (Å²) in [4.78, 5) is 23.0. The van der Waals surface area contributed by atoms with E-state index < -0.39 is 12.1 Å². The van der Waals surface area contributed by atoms with Crippen molar-refractivity contribution in [1.82, 2.24) is 5.32 Å². The summed E-state index contributed by atoms with van der Waals surface area (Å²) in [5, 5.41) is 4.37. The quantitative estimate of drug-likeness (QED) is 0.766. The SMILES string of the molecule is O=C(CCc1ccc(F)cc1)Nc1ccccc1CNC(=O)C(F)(F)F. The molecule has 2 rings (SSSR count). The normalized spacial score (nSPS) is 11.1. The highest BCUT2D eigenvalue weighted by Crippen LogP contribution is 2.18. The molecule has 0 unspecified atom stereocenters. The van der Waals surface area contributed by atoms with E-state index in [1.54, 1.807) is 29.6 Å². The fourth-order valence-electron chi connectivity index (χ4n) is 2.19. The predicted octanol–water partition coefficient (Wildman–Crippen LogP) is 3.58. The van der Waals surface area contributed by atoms with Gasteiger partial charge in [-0.1, -0.05) is 30.3 Å². The third-order valence-corrected chi connectivity index (χ3v) is 3.54. The number of amides is 2. The van der Waals surface area contributed by atoms with Crippen LogP contribution in [-0.4, -0.2) is 18.0 Å². The Morgan fingerprint density at radius 3 is 2.27 bits per heavy atom. The van der Waals surface area contributed by atoms with Crippen molar-refractivity contribution in [3.8, 4) is 0 Å². The summed E-state index contributed by atoms with van der Waals surface area (Å²) in [5.74, 6) is -2.76. The maximum atomic E-state index is 12.8. The van der Waals surface area contributed by atoms with E-state index in [0.29, 0.717) is 17.7 Å². The van der Waals surface area contributed by atoms with Crippen LogP contribution in [-0.2, 0) is 22.6 Å². The lowest BCUT2D eigenvalue weighted by atomic mass is 10.1. The number of halogens is 4. The first-order valence-electron chi connectivity index (χ1n) is 7.73. The molecule has 0 saturated carbocycles. The number of rotatable bonds is 6. The molecular weight excluding hydrogens is 352 g/mol. The lowest BCUT2D eigenvalue weighted by Crippen LogP contribution is -2.36. The van der Waals surface area contributed by atoms with E-state index in [4.69, 9.17) is 0 Å². The predicted molar refractivity (Wildman–Crippen MR) is 87.7 cm³/mol. The molecule has 0 bridgehead atoms. The van der Waals surface area contributed by atoms with Crippen LogP contribution < -0.4 is 10.6 Å². The second kappa shape index (κ2) is 8.46. The first kappa shape index (κ1) is 19.4. The summed E-state index contributed by atoms with van der Waals surface area (Å²) >= 11 is 0. The van der Waals surface area contributed by atoms with E-state index in [9.17, 15) is 27.2 Å². The Balaban J connectivity index is 1.93. The smallest absolute Gasteiger partial charge is 0.344 e. The molecule has 2 aromatic rings. The first-order valence-corrected chi connectivity index (χ1v) is 7.73. The Labute approximate surface area is 147 Å². The lowest BCUT2D eigenvalue weighted by Gasteiger charge is -2.13. The molecule has 0 atom stereocenters. The molecule has 0 aliphatic carbocycles. The number of hydrogen-bond acceptors (Lipinski definition) is 2. The van der Waals surface area contributed by atoms with Gasteiger partial charge < -0.3 is 10.6 Å². The van der Waals surface area contributed by atoms with Gasteiger partial charge in [0.15, 0.2) is 0 Å². The van der Waals surface area contributed by atoms with E-state index in [-0.39, 0.29) is 24.7 Å². The minimum atomic E-state index is -4.96. The molecule has 2 amide bonds. The molecule has 0 spiro atoms. The number of nitrogens with one attached hydrogen (secondary N) is 2. The van der Waals surface area contributed by atoms with Crippen molar-refractivity contribution in [3.05, 3.63) is 65.5 Å². The molecule has 0 aliphatic heterocycles. The summed E-state index contributed by atoms with van der Waals surface area (Å²) in [6.07, 6.45) is -4.46. The Bertz CT molecular complexity index is 774. The van der Waals surface area contributed by atoms with Crippen LogP contribution in [0, 0.1) is 5.82 Å². The Hall–Kier alpha value is -2.90. The molecule has 0 saturated heterocycles. The number of aryl methyl sites for hydroxylation is 1. The fraction of sp³-hybridized carbons (Fsp3) is 0.222. The molecule has 4 nitrogen and oxygen atoms in total. The summed E-state index contributed by atoms with van der Waals surface area (Å²) in [6, 6.07) is 12.0. The zero-order chi connectivity index (χ0) is 19.2. The standard InChI is InChI=1S/C18H16F4N2O2/c19-14-8-5-12(6-9-14)7-10-16(25)24-15-4-2-1-3-13(15)11-23-17(26)18(20,21)22/h1-6,8-9H,7,10-11H2,(H,23,26)(H,24,25). The van der Waals surface area contributed by atoms with E-state index in [2.05, 4.69) is 5.32 Å². The van der Waals surface area contributed by atoms with E-state index in [1.165, 1.54) is 24.3 Å². The van der Waals surface area contributed by atoms with Crippen molar-refractivity contribution in [2.24, 2.45) is 0 Å². The van der Waals surface area contributed by atoms with Crippen LogP contribution in [0.25, 0.3) is 0 Å². The van der Waals surface area contributed by atoms with Crippen molar-refractivity contribution in [2.45, 2.75) is 25.6 Å². The number of hydrogen-bond donors (Lipinski definition) is 2. The topological polar surface area (TPSA) is 58.2 Å². The van der Waals surface area contributed by atoms with Crippen molar-refractivity contribution >= 4 is 17.5 Å². The molecule has 2 N–H and O–H groups in total. The van der Waals surface area contributed by atoms with Crippen LogP contribution in [0.2, 0.25) is 0 Å². The number of carbonyl (C=O) groups is 2. The van der Waals surface area contributed by atoms with Gasteiger partial charge in [0, 0.05) is 18.7 Å². The monoisotopic (exact) mass is 368 g/mol. The molecule has 0 aliphatic rings. The van der Waals surface area contributed by atoms with Crippen LogP contribution in [0.1, 0.15) is 17.5 Å². The van der Waals surface area contributed by atoms with Crippen molar-refractivity contribution in [2.75, 3.05) is 5.32 Å². The number of anilines is 1. The molecular formula is C18H16F4N2O2. The van der Waals surface area contributed by atoms with Gasteiger partial charge in [-0.25, -0.2) is 4.39 Å². The highest BCUT2D eigenvalue weighted by molar-refractivity contribution is 5.91. The lowest BCUT2D eigenvalue weighted by molar-refractivity contribution is -0.173. The van der Waals surface area contributed by atoms with Gasteiger partial charge in [-0.15, -0.1) is 0 Å². The minimum absolute atomic E-state index is 0.120. The fourth-order valence-corrected chi connectivity index (χ4v) is 2.19. The summed E-state index contributed by atoms with van der Waals surface area (Å²) in [7, 11) is 0. The highest BCUT2D eigenvalue weighted by atomic mass is 19.4. The zero-order valence-corrected chi connectivity index (χ0v) is 13.6. The van der Waals surface area contributed by atoms with Crippen LogP contribution >= 0.6 is 0 Å². The minimum Gasteiger partial charge on any atom is -0.344 e. The van der Waals surface area contributed by atoms with E-state index in [1.807, 2.05) is 0 Å². The Morgan fingerprint density at radius 1 is 0.962 bits per heavy atom. The van der Waals surface area contributed by atoms with Gasteiger partial charge in [0.1, 0.15) is 5.82 Å². The van der Waals surface area contributed by atoms with Gasteiger partial charge in [0.2, 0.25) is 5.91 Å². The van der Waals surface area contributed by atoms with Gasteiger partial charge in [0.25, 0.3) is 0 Å². The summed E-state index contributed by atoms with van der Waals surface area (Å²) in [6.45, 7) is -0.368. The molecule has 138 valence electrons. The Morgan fingerprint density at radius 2 is 1.62 bits per heavy atom. The Kier molecular flexibility index (Phi) is 6.32. The molecule has 0 heterocycles. The van der Waals surface area contributed by atoms with Gasteiger partial charge in [-0.3, -0.25) is 9.59 Å². The van der Waals surface area contributed by atoms with E-state index in [0.717, 1.165) is 5.56 Å². The van der Waals surface area contributed by atoms with Crippen molar-refractivity contribution in [3.63, 3.8) is 0 Å². The summed E-state index contributed by atoms with van der Waals surface area (Å²) < 4.78 is 49.6. The molecule has 26 heavy (non-hydrogen) atoms. The number of alkyl halides is 3. The first-order chi connectivity index (χ1) is 12.3. The van der Waals surface area contributed by atoms with Gasteiger partial charge in [0.05, 0.1) is 0 Å². The van der Waals surface area contributed by atoms with Crippen molar-refractivity contribution in [1.29, 1.82) is 0 Å². The second-order valence-electron chi connectivity index (χ2n) is 5.51. The van der Waals surface area contributed by atoms with Gasteiger partial charge >= 0.3 is 12.1 Å². The maximum absolute atomic E-state index is 12.8. The molecule has 0 fully saturated rings. The average molecular weight is 368 g/mol. The van der Waals surface area contributed by atoms with Crippen molar-refractivity contribution < 1.29 is 27.2 Å². The van der Waals surface area contributed by atoms with Crippen LogP contribution in [0.3, 0.4) is 0 Å².